The van der Waals surface area contributed by atoms with Crippen molar-refractivity contribution in [2.75, 3.05) is 0 Å². The van der Waals surface area contributed by atoms with Crippen LogP contribution < -0.4 is 0 Å². The van der Waals surface area contributed by atoms with E-state index < -0.39 is 0 Å². The molecule has 0 amide bonds. The number of hydrogen-bond donors (Lipinski definition) is 0. The number of fused-ring (bicyclic) bond motifs is 1. The Morgan fingerprint density at radius 2 is 2.06 bits per heavy atom. The number of furan rings is 1. The van der Waals surface area contributed by atoms with Crippen LogP contribution in [0.4, 0.5) is 0 Å². The maximum Gasteiger partial charge on any atom is 0.152 e. The molecule has 0 N–H and O–H groups in total. The van der Waals surface area contributed by atoms with Crippen molar-refractivity contribution < 1.29 is 4.42 Å². The van der Waals surface area contributed by atoms with E-state index in [4.69, 9.17) is 27.6 Å². The summed E-state index contributed by atoms with van der Waals surface area (Å²) in [5, 5.41) is 1.82. The van der Waals surface area contributed by atoms with E-state index in [9.17, 15) is 0 Å². The summed E-state index contributed by atoms with van der Waals surface area (Å²) < 4.78 is 5.87. The minimum absolute atomic E-state index is 0.0798. The number of hydrogen-bond acceptors (Lipinski definition) is 1. The third-order valence-electron chi connectivity index (χ3n) is 2.95. The van der Waals surface area contributed by atoms with Crippen LogP contribution in [-0.4, -0.2) is 5.38 Å². The fourth-order valence-electron chi connectivity index (χ4n) is 2.16. The van der Waals surface area contributed by atoms with Gasteiger partial charge in [-0.05, 0) is 25.5 Å². The van der Waals surface area contributed by atoms with E-state index in [0.29, 0.717) is 5.02 Å². The maximum absolute atomic E-state index is 6.11. The molecule has 0 fully saturated rings. The highest BCUT2D eigenvalue weighted by Gasteiger charge is 2.27. The lowest BCUT2D eigenvalue weighted by atomic mass is 9.85. The number of rotatable bonds is 3. The average molecular weight is 271 g/mol. The third kappa shape index (κ3) is 2.61. The van der Waals surface area contributed by atoms with Crippen molar-refractivity contribution in [3.8, 4) is 0 Å². The second-order valence-corrected chi connectivity index (χ2v) is 6.29. The molecule has 1 atom stereocenters. The van der Waals surface area contributed by atoms with Crippen molar-refractivity contribution in [2.45, 2.75) is 38.0 Å². The Labute approximate surface area is 112 Å². The predicted octanol–water partition coefficient (Wildman–Crippen LogP) is 5.38. The molecule has 0 aliphatic rings. The molecule has 0 saturated heterocycles. The zero-order chi connectivity index (χ0) is 12.6. The van der Waals surface area contributed by atoms with Gasteiger partial charge >= 0.3 is 0 Å². The van der Waals surface area contributed by atoms with Gasteiger partial charge in [-0.1, -0.05) is 37.6 Å². The van der Waals surface area contributed by atoms with Gasteiger partial charge < -0.3 is 4.42 Å². The maximum atomic E-state index is 6.11. The normalized spacial score (nSPS) is 14.2. The second kappa shape index (κ2) is 4.55. The molecule has 1 aromatic heterocycles. The quantitative estimate of drug-likeness (QED) is 0.683. The molecular weight excluding hydrogens is 255 g/mol. The molecule has 0 spiro atoms. The Hall–Kier alpha value is -0.660. The zero-order valence-corrected chi connectivity index (χ0v) is 11.8. The molecule has 2 rings (SSSR count). The smallest absolute Gasteiger partial charge is 0.152 e. The molecule has 3 heteroatoms. The molecule has 0 aliphatic carbocycles. The summed E-state index contributed by atoms with van der Waals surface area (Å²) in [7, 11) is 0. The Kier molecular flexibility index (Phi) is 3.42. The number of para-hydroxylation sites is 1. The Morgan fingerprint density at radius 1 is 1.35 bits per heavy atom. The van der Waals surface area contributed by atoms with E-state index in [1.165, 1.54) is 0 Å². The van der Waals surface area contributed by atoms with Crippen molar-refractivity contribution in [3.05, 3.63) is 35.0 Å². The topological polar surface area (TPSA) is 13.1 Å². The van der Waals surface area contributed by atoms with Crippen LogP contribution in [0.1, 0.15) is 33.0 Å². The van der Waals surface area contributed by atoms with Crippen LogP contribution in [0.3, 0.4) is 0 Å². The summed E-state index contributed by atoms with van der Waals surface area (Å²) in [6.45, 7) is 6.27. The summed E-state index contributed by atoms with van der Waals surface area (Å²) in [6, 6.07) is 7.84. The first kappa shape index (κ1) is 12.8. The molecule has 1 aromatic carbocycles. The third-order valence-corrected chi connectivity index (χ3v) is 3.41. The molecule has 17 heavy (non-hydrogen) atoms. The van der Waals surface area contributed by atoms with Crippen molar-refractivity contribution in [1.29, 1.82) is 0 Å². The lowest BCUT2D eigenvalue weighted by Gasteiger charge is -2.23. The predicted molar refractivity (Wildman–Crippen MR) is 74.2 cm³/mol. The number of halogens is 2. The summed E-state index contributed by atoms with van der Waals surface area (Å²) in [6.07, 6.45) is 0.867. The molecule has 92 valence electrons. The first-order valence-electron chi connectivity index (χ1n) is 5.73. The van der Waals surface area contributed by atoms with Gasteiger partial charge in [0.25, 0.3) is 0 Å². The van der Waals surface area contributed by atoms with Crippen LogP contribution in [0.25, 0.3) is 11.0 Å². The molecule has 0 radical (unpaired) electrons. The largest absolute Gasteiger partial charge is 0.459 e. The monoisotopic (exact) mass is 270 g/mol. The van der Waals surface area contributed by atoms with Crippen molar-refractivity contribution in [2.24, 2.45) is 0 Å². The minimum Gasteiger partial charge on any atom is -0.459 e. The molecule has 1 heterocycles. The van der Waals surface area contributed by atoms with Crippen molar-refractivity contribution in [1.82, 2.24) is 0 Å². The Morgan fingerprint density at radius 3 is 2.65 bits per heavy atom. The lowest BCUT2D eigenvalue weighted by molar-refractivity contribution is 0.377. The molecule has 1 unspecified atom stereocenters. The first-order valence-corrected chi connectivity index (χ1v) is 6.54. The molecule has 2 aromatic rings. The van der Waals surface area contributed by atoms with Crippen molar-refractivity contribution >= 4 is 34.2 Å². The molecule has 1 nitrogen and oxygen atoms in total. The second-order valence-electron chi connectivity index (χ2n) is 5.14. The van der Waals surface area contributed by atoms with Crippen LogP contribution in [0, 0.1) is 0 Å². The standard InChI is InChI=1S/C14H16Cl2O/c1-9(15)8-14(2,3)12-7-10-5-4-6-11(16)13(10)17-12/h4-7,9H,8H2,1-3H3. The molecule has 0 aliphatic heterocycles. The Bertz CT molecular complexity index is 526. The highest BCUT2D eigenvalue weighted by Crippen LogP contribution is 2.36. The summed E-state index contributed by atoms with van der Waals surface area (Å²) in [5.74, 6) is 0.938. The van der Waals surface area contributed by atoms with Gasteiger partial charge in [-0.3, -0.25) is 0 Å². The van der Waals surface area contributed by atoms with Gasteiger partial charge in [0.05, 0.1) is 5.02 Å². The fraction of sp³-hybridized carbons (Fsp3) is 0.429. The van der Waals surface area contributed by atoms with E-state index in [1.807, 2.05) is 25.1 Å². The summed E-state index contributed by atoms with van der Waals surface area (Å²) in [5.41, 5.74) is 0.684. The van der Waals surface area contributed by atoms with Crippen molar-refractivity contribution in [3.63, 3.8) is 0 Å². The van der Waals surface area contributed by atoms with Gasteiger partial charge in [0.1, 0.15) is 5.76 Å². The van der Waals surface area contributed by atoms with Gasteiger partial charge in [-0.2, -0.15) is 0 Å². The van der Waals surface area contributed by atoms with Crippen LogP contribution in [0.5, 0.6) is 0 Å². The average Bonchev–Trinajstić information content (AvgIpc) is 2.61. The van der Waals surface area contributed by atoms with Crippen LogP contribution in [0.2, 0.25) is 5.02 Å². The molecule has 0 bridgehead atoms. The molecular formula is C14H16Cl2O. The highest BCUT2D eigenvalue weighted by atomic mass is 35.5. The van der Waals surface area contributed by atoms with Crippen LogP contribution in [-0.2, 0) is 5.41 Å². The van der Waals surface area contributed by atoms with E-state index in [2.05, 4.69) is 19.9 Å². The fourth-order valence-corrected chi connectivity index (χ4v) is 2.77. The van der Waals surface area contributed by atoms with Gasteiger partial charge in [0.2, 0.25) is 0 Å². The van der Waals surface area contributed by atoms with E-state index in [-0.39, 0.29) is 10.8 Å². The van der Waals surface area contributed by atoms with Gasteiger partial charge in [-0.25, -0.2) is 0 Å². The van der Waals surface area contributed by atoms with E-state index in [0.717, 1.165) is 23.2 Å². The van der Waals surface area contributed by atoms with Crippen LogP contribution in [0.15, 0.2) is 28.7 Å². The Balaban J connectivity index is 2.46. The summed E-state index contributed by atoms with van der Waals surface area (Å²) in [4.78, 5) is 0. The minimum atomic E-state index is -0.0798. The lowest BCUT2D eigenvalue weighted by Crippen LogP contribution is -2.19. The van der Waals surface area contributed by atoms with E-state index in [1.54, 1.807) is 0 Å². The van der Waals surface area contributed by atoms with Gasteiger partial charge in [0.15, 0.2) is 5.58 Å². The summed E-state index contributed by atoms with van der Waals surface area (Å²) >= 11 is 12.2. The SMILES string of the molecule is CC(Cl)CC(C)(C)c1cc2cccc(Cl)c2o1. The first-order chi connectivity index (χ1) is 7.90. The molecule has 0 saturated carbocycles. The highest BCUT2D eigenvalue weighted by molar-refractivity contribution is 6.34. The van der Waals surface area contributed by atoms with Gasteiger partial charge in [-0.15, -0.1) is 11.6 Å². The zero-order valence-electron chi connectivity index (χ0n) is 10.3. The van der Waals surface area contributed by atoms with Crippen LogP contribution >= 0.6 is 23.2 Å². The number of benzene rings is 1. The van der Waals surface area contributed by atoms with E-state index >= 15 is 0 Å². The van der Waals surface area contributed by atoms with Gasteiger partial charge in [0, 0.05) is 16.2 Å². The number of alkyl halides is 1.